The Morgan fingerprint density at radius 1 is 1.03 bits per heavy atom. The number of aromatic amines is 1. The van der Waals surface area contributed by atoms with Crippen molar-refractivity contribution in [2.45, 2.75) is 19.5 Å². The molecule has 1 aliphatic heterocycles. The average molecular weight is 455 g/mol. The third-order valence-corrected chi connectivity index (χ3v) is 6.07. The van der Waals surface area contributed by atoms with E-state index in [2.05, 4.69) is 44.7 Å². The summed E-state index contributed by atoms with van der Waals surface area (Å²) in [5, 5.41) is 5.89. The van der Waals surface area contributed by atoms with E-state index in [-0.39, 0.29) is 11.8 Å². The molecule has 0 atom stereocenters. The zero-order valence-corrected chi connectivity index (χ0v) is 18.9. The van der Waals surface area contributed by atoms with Gasteiger partial charge in [-0.1, -0.05) is 18.2 Å². The molecule has 0 bridgehead atoms. The molecule has 4 aromatic rings. The summed E-state index contributed by atoms with van der Waals surface area (Å²) in [4.78, 5) is 34.8. The van der Waals surface area contributed by atoms with Gasteiger partial charge < -0.3 is 26.3 Å². The predicted molar refractivity (Wildman–Crippen MR) is 133 cm³/mol. The minimum atomic E-state index is -0.225. The van der Waals surface area contributed by atoms with E-state index >= 15 is 0 Å². The second-order valence-corrected chi connectivity index (χ2v) is 8.66. The first-order valence-electron chi connectivity index (χ1n) is 11.2. The number of hydrogen-bond acceptors (Lipinski definition) is 5. The van der Waals surface area contributed by atoms with Crippen LogP contribution in [0.15, 0.2) is 60.7 Å². The fraction of sp³-hybridized carbons (Fsp3) is 0.192. The molecule has 0 saturated heterocycles. The minimum Gasteiger partial charge on any atom is -0.369 e. The summed E-state index contributed by atoms with van der Waals surface area (Å²) >= 11 is 0. The number of amides is 2. The highest BCUT2D eigenvalue weighted by molar-refractivity contribution is 6.04. The van der Waals surface area contributed by atoms with Gasteiger partial charge in [0.2, 0.25) is 0 Å². The van der Waals surface area contributed by atoms with Crippen molar-refractivity contribution in [3.05, 3.63) is 88.5 Å². The van der Waals surface area contributed by atoms with Crippen molar-refractivity contribution in [2.24, 2.45) is 0 Å². The lowest BCUT2D eigenvalue weighted by Crippen LogP contribution is -2.26. The second-order valence-electron chi connectivity index (χ2n) is 8.66. The van der Waals surface area contributed by atoms with Crippen molar-refractivity contribution in [2.75, 3.05) is 24.6 Å². The number of hydrogen-bond donors (Lipinski definition) is 4. The van der Waals surface area contributed by atoms with Crippen LogP contribution in [-0.4, -0.2) is 40.3 Å². The van der Waals surface area contributed by atoms with Gasteiger partial charge in [-0.2, -0.15) is 0 Å². The van der Waals surface area contributed by atoms with Crippen molar-refractivity contribution < 1.29 is 9.59 Å². The second kappa shape index (κ2) is 8.99. The number of nitrogens with zero attached hydrogens (tertiary/aromatic N) is 2. The number of nitrogens with one attached hydrogen (secondary N) is 3. The molecule has 0 saturated carbocycles. The van der Waals surface area contributed by atoms with Gasteiger partial charge in [0, 0.05) is 36.4 Å². The smallest absolute Gasteiger partial charge is 0.255 e. The number of fused-ring (bicyclic) bond motifs is 2. The van der Waals surface area contributed by atoms with Gasteiger partial charge in [0.05, 0.1) is 11.0 Å². The molecule has 3 aromatic carbocycles. The maximum absolute atomic E-state index is 12.9. The van der Waals surface area contributed by atoms with Crippen LogP contribution < -0.4 is 16.4 Å². The number of carbonyl (C=O) groups is 2. The number of nitrogens with two attached hydrogens (primary N) is 1. The molecule has 34 heavy (non-hydrogen) atoms. The Kier molecular flexibility index (Phi) is 5.73. The molecule has 0 spiro atoms. The molecular weight excluding hydrogens is 428 g/mol. The molecule has 2 amide bonds. The van der Waals surface area contributed by atoms with Crippen LogP contribution in [0.5, 0.6) is 0 Å². The van der Waals surface area contributed by atoms with E-state index in [4.69, 9.17) is 5.73 Å². The van der Waals surface area contributed by atoms with Crippen LogP contribution in [0.4, 0.5) is 11.6 Å². The predicted octanol–water partition coefficient (Wildman–Crippen LogP) is 3.32. The first-order valence-corrected chi connectivity index (χ1v) is 11.2. The van der Waals surface area contributed by atoms with Gasteiger partial charge in [0.15, 0.2) is 5.95 Å². The van der Waals surface area contributed by atoms with Crippen LogP contribution in [-0.2, 0) is 19.5 Å². The summed E-state index contributed by atoms with van der Waals surface area (Å²) in [5.41, 5.74) is 12.3. The Morgan fingerprint density at radius 3 is 2.76 bits per heavy atom. The van der Waals surface area contributed by atoms with E-state index in [9.17, 15) is 9.59 Å². The molecule has 1 aromatic heterocycles. The molecule has 0 unspecified atom stereocenters. The third kappa shape index (κ3) is 4.62. The van der Waals surface area contributed by atoms with Crippen molar-refractivity contribution in [1.29, 1.82) is 0 Å². The van der Waals surface area contributed by atoms with Gasteiger partial charge in [0.1, 0.15) is 0 Å². The molecule has 0 aliphatic carbocycles. The van der Waals surface area contributed by atoms with Crippen LogP contribution in [0.1, 0.15) is 37.4 Å². The third-order valence-electron chi connectivity index (χ3n) is 6.07. The first-order chi connectivity index (χ1) is 16.4. The summed E-state index contributed by atoms with van der Waals surface area (Å²) in [5.74, 6) is -0.0958. The van der Waals surface area contributed by atoms with Crippen molar-refractivity contribution in [3.8, 4) is 0 Å². The number of H-pyrrole nitrogens is 1. The summed E-state index contributed by atoms with van der Waals surface area (Å²) in [6.07, 6.45) is 1.03. The van der Waals surface area contributed by atoms with Crippen LogP contribution in [0.3, 0.4) is 0 Å². The van der Waals surface area contributed by atoms with Crippen LogP contribution in [0.25, 0.3) is 11.0 Å². The van der Waals surface area contributed by atoms with Crippen molar-refractivity contribution in [1.82, 2.24) is 20.2 Å². The Labute approximate surface area is 197 Å². The summed E-state index contributed by atoms with van der Waals surface area (Å²) in [7, 11) is 2.10. The molecule has 0 radical (unpaired) electrons. The number of carbonyl (C=O) groups excluding carboxylic acids is 2. The maximum Gasteiger partial charge on any atom is 0.255 e. The summed E-state index contributed by atoms with van der Waals surface area (Å²) in [6, 6.07) is 18.5. The fourth-order valence-corrected chi connectivity index (χ4v) is 4.25. The van der Waals surface area contributed by atoms with Crippen LogP contribution in [0, 0.1) is 0 Å². The zero-order chi connectivity index (χ0) is 23.7. The van der Waals surface area contributed by atoms with Crippen molar-refractivity contribution in [3.63, 3.8) is 0 Å². The summed E-state index contributed by atoms with van der Waals surface area (Å²) in [6.45, 7) is 2.23. The Hall–Kier alpha value is -4.17. The number of nitrogen functional groups attached to an aromatic ring is 1. The normalized spacial score (nSPS) is 13.4. The van der Waals surface area contributed by atoms with Crippen LogP contribution in [0.2, 0.25) is 0 Å². The lowest BCUT2D eigenvalue weighted by Gasteiger charge is -2.25. The van der Waals surface area contributed by atoms with Gasteiger partial charge in [-0.05, 0) is 72.6 Å². The lowest BCUT2D eigenvalue weighted by atomic mass is 9.99. The van der Waals surface area contributed by atoms with Gasteiger partial charge in [-0.25, -0.2) is 4.98 Å². The van der Waals surface area contributed by atoms with Crippen LogP contribution >= 0.6 is 0 Å². The van der Waals surface area contributed by atoms with Gasteiger partial charge in [-0.3, -0.25) is 9.59 Å². The fourth-order valence-electron chi connectivity index (χ4n) is 4.25. The standard InChI is InChI=1S/C26H26N6O2/c1-32-10-9-17-5-7-21(12-20(17)15-32)29-25(34)18-4-2-3-16(11-18)14-28-24(33)19-6-8-22-23(13-19)31-26(27)30-22/h2-8,11-13H,9-10,14-15H2,1H3,(H,28,33)(H,29,34)(H3,27,30,31). The molecule has 1 aliphatic rings. The minimum absolute atomic E-state index is 0.182. The van der Waals surface area contributed by atoms with Gasteiger partial charge in [-0.15, -0.1) is 0 Å². The number of likely N-dealkylation sites (N-methyl/N-ethyl adjacent to an activating group) is 1. The van der Waals surface area contributed by atoms with E-state index in [0.717, 1.165) is 36.3 Å². The van der Waals surface area contributed by atoms with Gasteiger partial charge in [0.25, 0.3) is 11.8 Å². The van der Waals surface area contributed by atoms with Gasteiger partial charge >= 0.3 is 0 Å². The van der Waals surface area contributed by atoms with E-state index in [0.29, 0.717) is 29.1 Å². The molecule has 8 nitrogen and oxygen atoms in total. The topological polar surface area (TPSA) is 116 Å². The molecule has 0 fully saturated rings. The highest BCUT2D eigenvalue weighted by Gasteiger charge is 2.15. The first kappa shape index (κ1) is 21.7. The Bertz CT molecular complexity index is 1390. The zero-order valence-electron chi connectivity index (χ0n) is 18.9. The average Bonchev–Trinajstić information content (AvgIpc) is 3.21. The number of benzene rings is 3. The lowest BCUT2D eigenvalue weighted by molar-refractivity contribution is 0.0950. The molecule has 5 rings (SSSR count). The Balaban J connectivity index is 1.23. The molecule has 5 N–H and O–H groups in total. The number of rotatable bonds is 5. The highest BCUT2D eigenvalue weighted by Crippen LogP contribution is 2.22. The highest BCUT2D eigenvalue weighted by atomic mass is 16.2. The number of imidazole rings is 1. The van der Waals surface area contributed by atoms with E-state index in [1.807, 2.05) is 18.2 Å². The molecule has 172 valence electrons. The largest absolute Gasteiger partial charge is 0.369 e. The monoisotopic (exact) mass is 454 g/mol. The molecule has 2 heterocycles. The quantitative estimate of drug-likeness (QED) is 0.369. The molecule has 8 heteroatoms. The van der Waals surface area contributed by atoms with E-state index in [1.54, 1.807) is 30.3 Å². The molecular formula is C26H26N6O2. The SMILES string of the molecule is CN1CCc2ccc(NC(=O)c3cccc(CNC(=O)c4ccc5[nH]c(N)nc5c4)c3)cc2C1. The van der Waals surface area contributed by atoms with E-state index in [1.165, 1.54) is 11.1 Å². The van der Waals surface area contributed by atoms with Crippen molar-refractivity contribution >= 4 is 34.5 Å². The maximum atomic E-state index is 12.9. The van der Waals surface area contributed by atoms with E-state index < -0.39 is 0 Å². The number of aromatic nitrogens is 2. The Morgan fingerprint density at radius 2 is 1.88 bits per heavy atom. The summed E-state index contributed by atoms with van der Waals surface area (Å²) < 4.78 is 0. The number of anilines is 2.